The summed E-state index contributed by atoms with van der Waals surface area (Å²) in [5.74, 6) is 6.68. The number of ether oxygens (including phenoxy) is 2. The van der Waals surface area contributed by atoms with Gasteiger partial charge in [0.2, 0.25) is 0 Å². The van der Waals surface area contributed by atoms with Crippen LogP contribution in [0.1, 0.15) is 22.7 Å². The van der Waals surface area contributed by atoms with Gasteiger partial charge in [-0.1, -0.05) is 6.07 Å². The van der Waals surface area contributed by atoms with Crippen LogP contribution in [0.2, 0.25) is 0 Å². The molecule has 0 aromatic heterocycles. The maximum absolute atomic E-state index is 13.6. The van der Waals surface area contributed by atoms with Crippen molar-refractivity contribution in [2.45, 2.75) is 13.0 Å². The highest BCUT2D eigenvalue weighted by molar-refractivity contribution is 5.46. The first-order valence-electron chi connectivity index (χ1n) is 6.54. The van der Waals surface area contributed by atoms with Crippen molar-refractivity contribution in [2.75, 3.05) is 14.2 Å². The maximum Gasteiger partial charge on any atom is 0.127 e. The average molecular weight is 290 g/mol. The fourth-order valence-electron chi connectivity index (χ4n) is 2.35. The van der Waals surface area contributed by atoms with Crippen molar-refractivity contribution >= 4 is 0 Å². The van der Waals surface area contributed by atoms with E-state index in [9.17, 15) is 4.39 Å². The summed E-state index contributed by atoms with van der Waals surface area (Å²) in [5.41, 5.74) is 5.09. The quantitative estimate of drug-likeness (QED) is 0.656. The summed E-state index contributed by atoms with van der Waals surface area (Å²) in [4.78, 5) is 0. The summed E-state index contributed by atoms with van der Waals surface area (Å²) in [6, 6.07) is 9.88. The average Bonchev–Trinajstić information content (AvgIpc) is 2.47. The molecule has 0 amide bonds. The van der Waals surface area contributed by atoms with Gasteiger partial charge in [-0.15, -0.1) is 0 Å². The summed E-state index contributed by atoms with van der Waals surface area (Å²) in [5, 5.41) is 0. The number of hydrogen-bond donors (Lipinski definition) is 2. The minimum absolute atomic E-state index is 0.294. The van der Waals surface area contributed by atoms with Crippen LogP contribution in [0.25, 0.3) is 0 Å². The molecule has 0 bridgehead atoms. The monoisotopic (exact) mass is 290 g/mol. The summed E-state index contributed by atoms with van der Waals surface area (Å²) in [6.07, 6.45) is 0. The van der Waals surface area contributed by atoms with Crippen LogP contribution in [0.4, 0.5) is 4.39 Å². The van der Waals surface area contributed by atoms with Crippen LogP contribution >= 0.6 is 0 Å². The topological polar surface area (TPSA) is 56.5 Å². The van der Waals surface area contributed by atoms with Crippen molar-refractivity contribution in [1.29, 1.82) is 0 Å². The molecular weight excluding hydrogens is 271 g/mol. The molecule has 21 heavy (non-hydrogen) atoms. The largest absolute Gasteiger partial charge is 0.497 e. The van der Waals surface area contributed by atoms with Crippen LogP contribution in [-0.2, 0) is 0 Å². The first-order valence-corrected chi connectivity index (χ1v) is 6.54. The Balaban J connectivity index is 2.50. The second kappa shape index (κ2) is 6.56. The Morgan fingerprint density at radius 1 is 1.10 bits per heavy atom. The second-order valence-corrected chi connectivity index (χ2v) is 4.77. The fraction of sp³-hybridized carbons (Fsp3) is 0.250. The van der Waals surface area contributed by atoms with Crippen LogP contribution in [0, 0.1) is 12.7 Å². The first kappa shape index (κ1) is 15.3. The van der Waals surface area contributed by atoms with Crippen LogP contribution in [0.15, 0.2) is 36.4 Å². The van der Waals surface area contributed by atoms with Crippen LogP contribution < -0.4 is 20.7 Å². The lowest BCUT2D eigenvalue weighted by atomic mass is 9.96. The van der Waals surface area contributed by atoms with Crippen molar-refractivity contribution in [3.8, 4) is 11.5 Å². The van der Waals surface area contributed by atoms with Crippen LogP contribution in [0.5, 0.6) is 11.5 Å². The molecule has 0 saturated heterocycles. The molecule has 0 radical (unpaired) electrons. The van der Waals surface area contributed by atoms with Gasteiger partial charge in [0.15, 0.2) is 0 Å². The van der Waals surface area contributed by atoms with Gasteiger partial charge in [0.1, 0.15) is 17.3 Å². The van der Waals surface area contributed by atoms with E-state index in [1.54, 1.807) is 20.3 Å². The fourth-order valence-corrected chi connectivity index (χ4v) is 2.35. The van der Waals surface area contributed by atoms with E-state index in [4.69, 9.17) is 15.3 Å². The van der Waals surface area contributed by atoms with E-state index in [1.807, 2.05) is 25.1 Å². The van der Waals surface area contributed by atoms with E-state index in [2.05, 4.69) is 5.43 Å². The molecule has 0 aliphatic rings. The summed E-state index contributed by atoms with van der Waals surface area (Å²) >= 11 is 0. The number of hydrazine groups is 1. The van der Waals surface area contributed by atoms with E-state index in [0.29, 0.717) is 11.5 Å². The minimum Gasteiger partial charge on any atom is -0.497 e. The maximum atomic E-state index is 13.6. The number of methoxy groups -OCH3 is 2. The highest BCUT2D eigenvalue weighted by atomic mass is 19.1. The Kier molecular flexibility index (Phi) is 4.77. The van der Waals surface area contributed by atoms with Gasteiger partial charge in [0, 0.05) is 11.6 Å². The van der Waals surface area contributed by atoms with Crippen molar-refractivity contribution in [3.63, 3.8) is 0 Å². The van der Waals surface area contributed by atoms with E-state index in [0.717, 1.165) is 16.7 Å². The third-order valence-corrected chi connectivity index (χ3v) is 3.32. The molecule has 1 unspecified atom stereocenters. The predicted octanol–water partition coefficient (Wildman–Crippen LogP) is 2.70. The Morgan fingerprint density at radius 2 is 1.86 bits per heavy atom. The molecule has 2 aromatic carbocycles. The molecule has 112 valence electrons. The van der Waals surface area contributed by atoms with Crippen molar-refractivity contribution in [2.24, 2.45) is 5.84 Å². The third-order valence-electron chi connectivity index (χ3n) is 3.32. The number of aryl methyl sites for hydroxylation is 1. The van der Waals surface area contributed by atoms with E-state index < -0.39 is 0 Å². The lowest BCUT2D eigenvalue weighted by Gasteiger charge is -2.20. The SMILES string of the molecule is COc1ccc(C(NN)c2cc(C)cc(F)c2)c(OC)c1. The molecule has 5 heteroatoms. The van der Waals surface area contributed by atoms with Gasteiger partial charge in [-0.2, -0.15) is 0 Å². The van der Waals surface area contributed by atoms with Crippen LogP contribution in [-0.4, -0.2) is 14.2 Å². The normalized spacial score (nSPS) is 12.0. The van der Waals surface area contributed by atoms with Crippen molar-refractivity contribution in [3.05, 3.63) is 58.9 Å². The van der Waals surface area contributed by atoms with Crippen LogP contribution in [0.3, 0.4) is 0 Å². The number of halogens is 1. The molecule has 0 heterocycles. The zero-order chi connectivity index (χ0) is 15.4. The van der Waals surface area contributed by atoms with Gasteiger partial charge in [-0.25, -0.2) is 9.82 Å². The molecule has 2 aromatic rings. The lowest BCUT2D eigenvalue weighted by molar-refractivity contribution is 0.387. The molecule has 2 rings (SSSR count). The molecule has 0 aliphatic carbocycles. The summed E-state index contributed by atoms with van der Waals surface area (Å²) < 4.78 is 24.2. The number of nitrogens with one attached hydrogen (secondary N) is 1. The zero-order valence-electron chi connectivity index (χ0n) is 12.3. The van der Waals surface area contributed by atoms with Gasteiger partial charge in [0.25, 0.3) is 0 Å². The first-order chi connectivity index (χ1) is 10.1. The van der Waals surface area contributed by atoms with Gasteiger partial charge >= 0.3 is 0 Å². The molecule has 0 fully saturated rings. The van der Waals surface area contributed by atoms with Crippen molar-refractivity contribution < 1.29 is 13.9 Å². The predicted molar refractivity (Wildman–Crippen MR) is 79.8 cm³/mol. The number of hydrogen-bond acceptors (Lipinski definition) is 4. The van der Waals surface area contributed by atoms with E-state index >= 15 is 0 Å². The highest BCUT2D eigenvalue weighted by Gasteiger charge is 2.18. The number of nitrogens with two attached hydrogens (primary N) is 1. The molecule has 0 saturated carbocycles. The smallest absolute Gasteiger partial charge is 0.127 e. The standard InChI is InChI=1S/C16H19FN2O2/c1-10-6-11(8-12(17)7-10)16(19-18)14-5-4-13(20-2)9-15(14)21-3/h4-9,16,19H,18H2,1-3H3. The Bertz CT molecular complexity index is 611. The Labute approximate surface area is 123 Å². The van der Waals surface area contributed by atoms with Crippen molar-refractivity contribution in [1.82, 2.24) is 5.43 Å². The van der Waals surface area contributed by atoms with Gasteiger partial charge in [-0.05, 0) is 42.3 Å². The zero-order valence-corrected chi connectivity index (χ0v) is 12.3. The van der Waals surface area contributed by atoms with E-state index in [1.165, 1.54) is 12.1 Å². The molecule has 1 atom stereocenters. The Hall–Kier alpha value is -2.11. The van der Waals surface area contributed by atoms with E-state index in [-0.39, 0.29) is 11.9 Å². The highest BCUT2D eigenvalue weighted by Crippen LogP contribution is 2.33. The van der Waals surface area contributed by atoms with Gasteiger partial charge in [0.05, 0.1) is 20.3 Å². The second-order valence-electron chi connectivity index (χ2n) is 4.77. The molecule has 4 nitrogen and oxygen atoms in total. The molecular formula is C16H19FN2O2. The molecule has 0 aliphatic heterocycles. The Morgan fingerprint density at radius 3 is 2.43 bits per heavy atom. The van der Waals surface area contributed by atoms with Gasteiger partial charge < -0.3 is 9.47 Å². The molecule has 3 N–H and O–H groups in total. The lowest BCUT2D eigenvalue weighted by Crippen LogP contribution is -2.29. The number of rotatable bonds is 5. The number of benzene rings is 2. The summed E-state index contributed by atoms with van der Waals surface area (Å²) in [6.45, 7) is 1.84. The third kappa shape index (κ3) is 3.32. The summed E-state index contributed by atoms with van der Waals surface area (Å²) in [7, 11) is 3.16. The molecule has 0 spiro atoms. The van der Waals surface area contributed by atoms with Gasteiger partial charge in [-0.3, -0.25) is 5.84 Å². The minimum atomic E-state index is -0.375.